The summed E-state index contributed by atoms with van der Waals surface area (Å²) in [5, 5.41) is 12.1. The number of benzene rings is 2. The Morgan fingerprint density at radius 3 is 2.51 bits per heavy atom. The Bertz CT molecular complexity index is 1370. The molecular weight excluding hydrogens is 544 g/mol. The quantitative estimate of drug-likeness (QED) is 0.194. The molecule has 0 aliphatic carbocycles. The second kappa shape index (κ2) is 11.2. The van der Waals surface area contributed by atoms with Gasteiger partial charge in [-0.15, -0.1) is 11.3 Å². The van der Waals surface area contributed by atoms with E-state index >= 15 is 0 Å². The van der Waals surface area contributed by atoms with Crippen molar-refractivity contribution in [1.29, 1.82) is 0 Å². The number of carbonyl (C=O) groups excluding carboxylic acids is 1. The van der Waals surface area contributed by atoms with Crippen LogP contribution in [-0.4, -0.2) is 28.0 Å². The first-order chi connectivity index (χ1) is 16.8. The lowest BCUT2D eigenvalue weighted by Crippen LogP contribution is -2.20. The molecule has 2 aromatic heterocycles. The van der Waals surface area contributed by atoms with E-state index in [2.05, 4.69) is 49.9 Å². The molecule has 0 aliphatic rings. The number of methoxy groups -OCH3 is 1. The van der Waals surface area contributed by atoms with Crippen LogP contribution in [0.25, 0.3) is 0 Å². The highest BCUT2D eigenvalue weighted by Crippen LogP contribution is 2.31. The zero-order valence-electron chi connectivity index (χ0n) is 19.6. The molecule has 0 spiro atoms. The van der Waals surface area contributed by atoms with Gasteiger partial charge in [0.1, 0.15) is 5.00 Å². The molecule has 4 rings (SSSR count). The van der Waals surface area contributed by atoms with Gasteiger partial charge in [-0.3, -0.25) is 4.68 Å². The summed E-state index contributed by atoms with van der Waals surface area (Å²) in [5.41, 5.74) is 5.62. The highest BCUT2D eigenvalue weighted by molar-refractivity contribution is 9.10. The number of hydrogen-bond donors (Lipinski definition) is 2. The Morgan fingerprint density at radius 2 is 1.83 bits per heavy atom. The molecule has 0 unspecified atom stereocenters. The van der Waals surface area contributed by atoms with Crippen molar-refractivity contribution in [3.8, 4) is 0 Å². The second-order valence-corrected chi connectivity index (χ2v) is 10.4. The number of rotatable bonds is 7. The third-order valence-corrected chi connectivity index (χ3v) is 7.85. The molecule has 4 aromatic rings. The molecule has 2 aromatic carbocycles. The third-order valence-electron chi connectivity index (χ3n) is 5.45. The third kappa shape index (κ3) is 6.17. The molecular formula is C26H25BrN4O2S2. The Hall–Kier alpha value is -3.01. The summed E-state index contributed by atoms with van der Waals surface area (Å²) < 4.78 is 7.98. The fourth-order valence-corrected chi connectivity index (χ4v) is 5.35. The largest absolute Gasteiger partial charge is 0.465 e. The van der Waals surface area contributed by atoms with E-state index in [0.29, 0.717) is 22.2 Å². The van der Waals surface area contributed by atoms with Gasteiger partial charge in [-0.05, 0) is 71.3 Å². The molecule has 6 nitrogen and oxygen atoms in total. The monoisotopic (exact) mass is 568 g/mol. The maximum absolute atomic E-state index is 12.4. The maximum Gasteiger partial charge on any atom is 0.340 e. The minimum atomic E-state index is -0.399. The van der Waals surface area contributed by atoms with Crippen molar-refractivity contribution >= 4 is 61.3 Å². The number of aromatic nitrogens is 2. The highest BCUT2D eigenvalue weighted by Gasteiger charge is 2.18. The maximum atomic E-state index is 12.4. The highest BCUT2D eigenvalue weighted by atomic mass is 79.9. The lowest BCUT2D eigenvalue weighted by molar-refractivity contribution is 0.0602. The molecule has 0 fully saturated rings. The fraction of sp³-hybridized carbons (Fsp3) is 0.192. The van der Waals surface area contributed by atoms with Crippen LogP contribution < -0.4 is 10.6 Å². The number of esters is 1. The summed E-state index contributed by atoms with van der Waals surface area (Å²) in [6, 6.07) is 20.0. The first-order valence-electron chi connectivity index (χ1n) is 11.0. The minimum Gasteiger partial charge on any atom is -0.465 e. The van der Waals surface area contributed by atoms with E-state index in [-0.39, 0.29) is 0 Å². The SMILES string of the molecule is COC(=O)c1cc(Cc2ccccc2)sc1NC(=S)Nc1cccc(Cn2nc(C)c(Br)c2C)c1. The number of hydrogen-bond acceptors (Lipinski definition) is 5. The van der Waals surface area contributed by atoms with Crippen molar-refractivity contribution in [2.24, 2.45) is 0 Å². The Morgan fingerprint density at radius 1 is 1.09 bits per heavy atom. The molecule has 2 heterocycles. The van der Waals surface area contributed by atoms with Crippen LogP contribution in [0, 0.1) is 13.8 Å². The molecule has 0 amide bonds. The fourth-order valence-electron chi connectivity index (χ4n) is 3.70. The summed E-state index contributed by atoms with van der Waals surface area (Å²) in [5.74, 6) is -0.399. The number of halogens is 1. The van der Waals surface area contributed by atoms with Crippen LogP contribution >= 0.6 is 39.5 Å². The summed E-state index contributed by atoms with van der Waals surface area (Å²) in [4.78, 5) is 13.4. The number of aryl methyl sites for hydroxylation is 1. The number of carbonyl (C=O) groups is 1. The number of thiocarbonyl (C=S) groups is 1. The molecule has 0 bridgehead atoms. The molecule has 0 radical (unpaired) electrons. The van der Waals surface area contributed by atoms with Crippen LogP contribution in [0.1, 0.15) is 37.7 Å². The molecule has 180 valence electrons. The van der Waals surface area contributed by atoms with Gasteiger partial charge in [-0.2, -0.15) is 5.10 Å². The van der Waals surface area contributed by atoms with Gasteiger partial charge < -0.3 is 15.4 Å². The van der Waals surface area contributed by atoms with Crippen molar-refractivity contribution in [2.75, 3.05) is 17.7 Å². The van der Waals surface area contributed by atoms with Crippen LogP contribution in [-0.2, 0) is 17.7 Å². The van der Waals surface area contributed by atoms with Crippen LogP contribution in [0.2, 0.25) is 0 Å². The van der Waals surface area contributed by atoms with Crippen molar-refractivity contribution in [3.05, 3.63) is 98.1 Å². The lowest BCUT2D eigenvalue weighted by Gasteiger charge is -2.12. The molecule has 0 atom stereocenters. The second-order valence-electron chi connectivity index (χ2n) is 8.03. The standard InChI is InChI=1S/C26H25BrN4O2S2/c1-16-23(27)17(2)31(30-16)15-19-10-7-11-20(12-19)28-26(34)29-24-22(25(32)33-3)14-21(35-24)13-18-8-5-4-6-9-18/h4-12,14H,13,15H2,1-3H3,(H2,28,29,34). The van der Waals surface area contributed by atoms with Gasteiger partial charge in [-0.25, -0.2) is 4.79 Å². The number of nitrogens with one attached hydrogen (secondary N) is 2. The van der Waals surface area contributed by atoms with Gasteiger partial charge in [0, 0.05) is 17.0 Å². The average Bonchev–Trinajstić information content (AvgIpc) is 3.34. The first-order valence-corrected chi connectivity index (χ1v) is 13.0. The van der Waals surface area contributed by atoms with Crippen molar-refractivity contribution in [1.82, 2.24) is 9.78 Å². The van der Waals surface area contributed by atoms with Crippen molar-refractivity contribution in [3.63, 3.8) is 0 Å². The van der Waals surface area contributed by atoms with Gasteiger partial charge in [0.25, 0.3) is 0 Å². The van der Waals surface area contributed by atoms with E-state index in [1.165, 1.54) is 24.0 Å². The van der Waals surface area contributed by atoms with Gasteiger partial charge in [-0.1, -0.05) is 42.5 Å². The number of ether oxygens (including phenoxy) is 1. The normalized spacial score (nSPS) is 10.7. The van der Waals surface area contributed by atoms with E-state index in [1.807, 2.05) is 61.0 Å². The topological polar surface area (TPSA) is 68.2 Å². The van der Waals surface area contributed by atoms with Gasteiger partial charge >= 0.3 is 5.97 Å². The summed E-state index contributed by atoms with van der Waals surface area (Å²) in [7, 11) is 1.38. The van der Waals surface area contributed by atoms with E-state index < -0.39 is 5.97 Å². The molecule has 2 N–H and O–H groups in total. The van der Waals surface area contributed by atoms with Gasteiger partial charge in [0.2, 0.25) is 0 Å². The summed E-state index contributed by atoms with van der Waals surface area (Å²) >= 11 is 10.6. The zero-order valence-corrected chi connectivity index (χ0v) is 22.8. The Kier molecular flexibility index (Phi) is 8.00. The molecule has 0 aliphatic heterocycles. The minimum absolute atomic E-state index is 0.397. The molecule has 0 saturated carbocycles. The first kappa shape index (κ1) is 25.1. The predicted octanol–water partition coefficient (Wildman–Crippen LogP) is 6.56. The van der Waals surface area contributed by atoms with Crippen LogP contribution in [0.15, 0.2) is 65.1 Å². The van der Waals surface area contributed by atoms with Crippen LogP contribution in [0.4, 0.5) is 10.7 Å². The van der Waals surface area contributed by atoms with Gasteiger partial charge in [0.05, 0.1) is 35.1 Å². The summed E-state index contributed by atoms with van der Waals surface area (Å²) in [6.45, 7) is 4.67. The van der Waals surface area contributed by atoms with Crippen LogP contribution in [0.3, 0.4) is 0 Å². The van der Waals surface area contributed by atoms with Gasteiger partial charge in [0.15, 0.2) is 5.11 Å². The molecule has 0 saturated heterocycles. The van der Waals surface area contributed by atoms with Crippen LogP contribution in [0.5, 0.6) is 0 Å². The summed E-state index contributed by atoms with van der Waals surface area (Å²) in [6.07, 6.45) is 0.724. The van der Waals surface area contributed by atoms with Crippen molar-refractivity contribution in [2.45, 2.75) is 26.8 Å². The van der Waals surface area contributed by atoms with E-state index in [4.69, 9.17) is 17.0 Å². The number of thiophene rings is 1. The number of anilines is 2. The zero-order chi connectivity index (χ0) is 24.9. The molecule has 9 heteroatoms. The Balaban J connectivity index is 1.47. The Labute approximate surface area is 222 Å². The van der Waals surface area contributed by atoms with E-state index in [9.17, 15) is 4.79 Å². The van der Waals surface area contributed by atoms with Crippen molar-refractivity contribution < 1.29 is 9.53 Å². The smallest absolute Gasteiger partial charge is 0.340 e. The van der Waals surface area contributed by atoms with E-state index in [0.717, 1.165) is 38.4 Å². The molecule has 35 heavy (non-hydrogen) atoms. The lowest BCUT2D eigenvalue weighted by atomic mass is 10.1. The predicted molar refractivity (Wildman–Crippen MR) is 150 cm³/mol. The van der Waals surface area contributed by atoms with E-state index in [1.54, 1.807) is 0 Å². The number of nitrogens with zero attached hydrogens (tertiary/aromatic N) is 2. The average molecular weight is 570 g/mol.